The Morgan fingerprint density at radius 2 is 2.00 bits per heavy atom. The molecule has 0 radical (unpaired) electrons. The molecule has 0 aromatic heterocycles. The normalized spacial score (nSPS) is 16.9. The second-order valence-electron chi connectivity index (χ2n) is 5.48. The summed E-state index contributed by atoms with van der Waals surface area (Å²) in [4.78, 5) is 13.1. The van der Waals surface area contributed by atoms with E-state index < -0.39 is 0 Å². The van der Waals surface area contributed by atoms with Crippen LogP contribution in [0, 0.1) is 10.1 Å². The van der Waals surface area contributed by atoms with Crippen LogP contribution in [-0.4, -0.2) is 24.1 Å². The molecule has 0 aliphatic carbocycles. The van der Waals surface area contributed by atoms with Gasteiger partial charge in [0.25, 0.3) is 5.69 Å². The Morgan fingerprint density at radius 3 is 2.53 bits per heavy atom. The van der Waals surface area contributed by atoms with E-state index in [1.807, 2.05) is 26.0 Å². The van der Waals surface area contributed by atoms with Gasteiger partial charge in [-0.2, -0.15) is 0 Å². The van der Waals surface area contributed by atoms with Crippen molar-refractivity contribution in [3.05, 3.63) is 33.9 Å². The summed E-state index contributed by atoms with van der Waals surface area (Å²) >= 11 is 0. The topological polar surface area (TPSA) is 72.4 Å². The average Bonchev–Trinajstić information content (AvgIpc) is 2.38. The summed E-state index contributed by atoms with van der Waals surface area (Å²) in [7, 11) is 0. The molecule has 1 saturated heterocycles. The Labute approximate surface area is 113 Å². The van der Waals surface area contributed by atoms with Gasteiger partial charge in [-0.05, 0) is 30.4 Å². The van der Waals surface area contributed by atoms with E-state index in [4.69, 9.17) is 5.73 Å². The van der Waals surface area contributed by atoms with Crippen LogP contribution in [-0.2, 0) is 0 Å². The molecule has 1 aromatic carbocycles. The number of hydrogen-bond donors (Lipinski definition) is 1. The summed E-state index contributed by atoms with van der Waals surface area (Å²) in [6.45, 7) is 5.67. The number of nitro groups is 1. The van der Waals surface area contributed by atoms with Gasteiger partial charge in [-0.15, -0.1) is 0 Å². The molecule has 1 aromatic rings. The van der Waals surface area contributed by atoms with E-state index in [1.54, 1.807) is 6.07 Å². The number of piperidine rings is 1. The largest absolute Gasteiger partial charge is 0.366 e. The highest BCUT2D eigenvalue weighted by Crippen LogP contribution is 2.33. The quantitative estimate of drug-likeness (QED) is 0.672. The van der Waals surface area contributed by atoms with Crippen LogP contribution in [0.2, 0.25) is 0 Å². The van der Waals surface area contributed by atoms with Crippen LogP contribution < -0.4 is 10.6 Å². The van der Waals surface area contributed by atoms with E-state index in [1.165, 1.54) is 0 Å². The fraction of sp³-hybridized carbons (Fsp3) is 0.571. The standard InChI is InChI=1S/C14H21N3O2/c1-10(2)11-3-4-13(14(9-11)17(18)19)16-7-5-12(15)6-8-16/h3-4,9-10,12H,5-8,15H2,1-2H3. The molecule has 1 fully saturated rings. The molecular formula is C14H21N3O2. The Balaban J connectivity index is 2.31. The zero-order chi connectivity index (χ0) is 14.0. The maximum atomic E-state index is 11.3. The summed E-state index contributed by atoms with van der Waals surface area (Å²) < 4.78 is 0. The van der Waals surface area contributed by atoms with Crippen LogP contribution in [0.4, 0.5) is 11.4 Å². The van der Waals surface area contributed by atoms with Gasteiger partial charge >= 0.3 is 0 Å². The van der Waals surface area contributed by atoms with Crippen LogP contribution >= 0.6 is 0 Å². The highest BCUT2D eigenvalue weighted by atomic mass is 16.6. The first kappa shape index (κ1) is 13.8. The van der Waals surface area contributed by atoms with Crippen molar-refractivity contribution in [1.82, 2.24) is 0 Å². The maximum Gasteiger partial charge on any atom is 0.292 e. The van der Waals surface area contributed by atoms with Crippen molar-refractivity contribution in [2.75, 3.05) is 18.0 Å². The third-order valence-electron chi connectivity index (χ3n) is 3.74. The molecule has 0 atom stereocenters. The molecule has 104 valence electrons. The van der Waals surface area contributed by atoms with Crippen LogP contribution in [0.15, 0.2) is 18.2 Å². The van der Waals surface area contributed by atoms with Gasteiger partial charge < -0.3 is 10.6 Å². The molecule has 0 amide bonds. The van der Waals surface area contributed by atoms with Gasteiger partial charge in [-0.1, -0.05) is 19.9 Å². The Hall–Kier alpha value is -1.62. The van der Waals surface area contributed by atoms with Crippen molar-refractivity contribution in [3.8, 4) is 0 Å². The lowest BCUT2D eigenvalue weighted by Crippen LogP contribution is -2.39. The predicted molar refractivity (Wildman–Crippen MR) is 76.6 cm³/mol. The number of nitrogens with two attached hydrogens (primary N) is 1. The molecule has 5 heteroatoms. The number of nitrogens with zero attached hydrogens (tertiary/aromatic N) is 2. The zero-order valence-electron chi connectivity index (χ0n) is 11.5. The fourth-order valence-electron chi connectivity index (χ4n) is 2.45. The summed E-state index contributed by atoms with van der Waals surface area (Å²) in [5.41, 5.74) is 7.81. The van der Waals surface area contributed by atoms with Crippen molar-refractivity contribution in [2.45, 2.75) is 38.6 Å². The van der Waals surface area contributed by atoms with Gasteiger partial charge in [0.05, 0.1) is 4.92 Å². The molecule has 5 nitrogen and oxygen atoms in total. The molecule has 1 aliphatic rings. The SMILES string of the molecule is CC(C)c1ccc(N2CCC(N)CC2)c([N+](=O)[O-])c1. The van der Waals surface area contributed by atoms with E-state index in [2.05, 4.69) is 4.90 Å². The number of benzene rings is 1. The van der Waals surface area contributed by atoms with Gasteiger partial charge in [-0.3, -0.25) is 10.1 Å². The summed E-state index contributed by atoms with van der Waals surface area (Å²) in [5.74, 6) is 0.294. The van der Waals surface area contributed by atoms with Crippen LogP contribution in [0.3, 0.4) is 0 Å². The molecule has 0 spiro atoms. The van der Waals surface area contributed by atoms with E-state index in [-0.39, 0.29) is 16.7 Å². The minimum atomic E-state index is -0.282. The van der Waals surface area contributed by atoms with Gasteiger partial charge in [-0.25, -0.2) is 0 Å². The van der Waals surface area contributed by atoms with Crippen molar-refractivity contribution in [3.63, 3.8) is 0 Å². The molecule has 1 aliphatic heterocycles. The predicted octanol–water partition coefficient (Wildman–Crippen LogP) is 2.65. The lowest BCUT2D eigenvalue weighted by molar-refractivity contribution is -0.384. The van der Waals surface area contributed by atoms with Crippen molar-refractivity contribution in [1.29, 1.82) is 0 Å². The number of anilines is 1. The van der Waals surface area contributed by atoms with Crippen LogP contribution in [0.5, 0.6) is 0 Å². The molecular weight excluding hydrogens is 242 g/mol. The Morgan fingerprint density at radius 1 is 1.37 bits per heavy atom. The first-order valence-corrected chi connectivity index (χ1v) is 6.78. The Kier molecular flexibility index (Phi) is 4.04. The molecule has 0 unspecified atom stereocenters. The number of hydrogen-bond acceptors (Lipinski definition) is 4. The van der Waals surface area contributed by atoms with E-state index in [0.29, 0.717) is 5.92 Å². The third-order valence-corrected chi connectivity index (χ3v) is 3.74. The van der Waals surface area contributed by atoms with Crippen molar-refractivity contribution < 1.29 is 4.92 Å². The lowest BCUT2D eigenvalue weighted by atomic mass is 10.0. The van der Waals surface area contributed by atoms with E-state index in [0.717, 1.165) is 37.2 Å². The maximum absolute atomic E-state index is 11.3. The summed E-state index contributed by atoms with van der Waals surface area (Å²) in [5, 5.41) is 11.3. The van der Waals surface area contributed by atoms with Crippen LogP contribution in [0.25, 0.3) is 0 Å². The van der Waals surface area contributed by atoms with Crippen molar-refractivity contribution >= 4 is 11.4 Å². The van der Waals surface area contributed by atoms with E-state index >= 15 is 0 Å². The molecule has 2 rings (SSSR count). The second-order valence-corrected chi connectivity index (χ2v) is 5.48. The monoisotopic (exact) mass is 263 g/mol. The van der Waals surface area contributed by atoms with Gasteiger partial charge in [0.1, 0.15) is 5.69 Å². The smallest absolute Gasteiger partial charge is 0.292 e. The van der Waals surface area contributed by atoms with E-state index in [9.17, 15) is 10.1 Å². The molecule has 1 heterocycles. The summed E-state index contributed by atoms with van der Waals surface area (Å²) in [6.07, 6.45) is 1.78. The zero-order valence-corrected chi connectivity index (χ0v) is 11.5. The molecule has 2 N–H and O–H groups in total. The highest BCUT2D eigenvalue weighted by Gasteiger charge is 2.24. The van der Waals surface area contributed by atoms with Crippen molar-refractivity contribution in [2.24, 2.45) is 5.73 Å². The third kappa shape index (κ3) is 3.04. The minimum Gasteiger partial charge on any atom is -0.366 e. The average molecular weight is 263 g/mol. The van der Waals surface area contributed by atoms with Gasteiger partial charge in [0.2, 0.25) is 0 Å². The first-order valence-electron chi connectivity index (χ1n) is 6.78. The summed E-state index contributed by atoms with van der Waals surface area (Å²) in [6, 6.07) is 5.80. The molecule has 19 heavy (non-hydrogen) atoms. The van der Waals surface area contributed by atoms with Gasteiger partial charge in [0.15, 0.2) is 0 Å². The number of rotatable bonds is 3. The number of nitro benzene ring substituents is 1. The minimum absolute atomic E-state index is 0.210. The Bertz CT molecular complexity index is 466. The van der Waals surface area contributed by atoms with Crippen LogP contribution in [0.1, 0.15) is 38.2 Å². The fourth-order valence-corrected chi connectivity index (χ4v) is 2.45. The molecule has 0 saturated carbocycles. The second kappa shape index (κ2) is 5.57. The first-order chi connectivity index (χ1) is 8.99. The molecule has 0 bridgehead atoms. The van der Waals surface area contributed by atoms with Gasteiger partial charge in [0, 0.05) is 25.2 Å². The highest BCUT2D eigenvalue weighted by molar-refractivity contribution is 5.64. The lowest BCUT2D eigenvalue weighted by Gasteiger charge is -2.31.